The third kappa shape index (κ3) is 1.63. The van der Waals surface area contributed by atoms with Crippen molar-refractivity contribution in [2.24, 2.45) is 5.92 Å². The zero-order valence-electron chi connectivity index (χ0n) is 6.52. The van der Waals surface area contributed by atoms with Crippen molar-refractivity contribution in [2.45, 2.75) is 26.7 Å². The van der Waals surface area contributed by atoms with Gasteiger partial charge in [-0.15, -0.1) is 0 Å². The molecule has 1 aliphatic rings. The second-order valence-electron chi connectivity index (χ2n) is 2.97. The first-order valence-corrected chi connectivity index (χ1v) is 4.14. The summed E-state index contributed by atoms with van der Waals surface area (Å²) in [7, 11) is 0. The third-order valence-corrected chi connectivity index (χ3v) is 2.22. The van der Waals surface area contributed by atoms with Gasteiger partial charge in [0, 0.05) is 5.03 Å². The number of hydrogen-bond donors (Lipinski definition) is 0. The van der Waals surface area contributed by atoms with Crippen LogP contribution in [0.3, 0.4) is 0 Å². The number of halogens is 1. The second-order valence-corrected chi connectivity index (χ2v) is 3.38. The van der Waals surface area contributed by atoms with Gasteiger partial charge < -0.3 is 0 Å². The standard InChI is InChI=1S/C9H13Cl/c1-7(2)8-5-3-4-6-9(8)10/h4,6-7H,3,5H2,1-2H3. The average molecular weight is 157 g/mol. The van der Waals surface area contributed by atoms with Gasteiger partial charge in [0.1, 0.15) is 0 Å². The first-order chi connectivity index (χ1) is 4.72. The van der Waals surface area contributed by atoms with Crippen LogP contribution in [0.2, 0.25) is 0 Å². The van der Waals surface area contributed by atoms with Gasteiger partial charge in [-0.3, -0.25) is 0 Å². The predicted molar refractivity (Wildman–Crippen MR) is 46.1 cm³/mol. The Kier molecular flexibility index (Phi) is 2.56. The van der Waals surface area contributed by atoms with E-state index in [4.69, 9.17) is 11.6 Å². The molecular formula is C9H13Cl. The van der Waals surface area contributed by atoms with Crippen LogP contribution >= 0.6 is 11.6 Å². The quantitative estimate of drug-likeness (QED) is 0.545. The van der Waals surface area contributed by atoms with Crippen LogP contribution in [-0.2, 0) is 0 Å². The van der Waals surface area contributed by atoms with Crippen LogP contribution in [0.4, 0.5) is 0 Å². The van der Waals surface area contributed by atoms with Crippen molar-refractivity contribution < 1.29 is 0 Å². The fraction of sp³-hybridized carbons (Fsp3) is 0.556. The Morgan fingerprint density at radius 2 is 2.20 bits per heavy atom. The first kappa shape index (κ1) is 7.87. The highest BCUT2D eigenvalue weighted by Gasteiger charge is 2.08. The lowest BCUT2D eigenvalue weighted by Crippen LogP contribution is -1.98. The molecule has 0 bridgehead atoms. The van der Waals surface area contributed by atoms with Gasteiger partial charge in [0.25, 0.3) is 0 Å². The van der Waals surface area contributed by atoms with Crippen molar-refractivity contribution in [3.63, 3.8) is 0 Å². The number of allylic oxidation sites excluding steroid dienone is 4. The van der Waals surface area contributed by atoms with E-state index in [1.54, 1.807) is 0 Å². The van der Waals surface area contributed by atoms with Gasteiger partial charge in [0.05, 0.1) is 0 Å². The van der Waals surface area contributed by atoms with E-state index in [0.29, 0.717) is 5.92 Å². The summed E-state index contributed by atoms with van der Waals surface area (Å²) in [6.45, 7) is 4.38. The van der Waals surface area contributed by atoms with Crippen LogP contribution in [-0.4, -0.2) is 0 Å². The Bertz CT molecular complexity index is 175. The summed E-state index contributed by atoms with van der Waals surface area (Å²) in [5, 5.41) is 0.959. The van der Waals surface area contributed by atoms with Crippen LogP contribution in [0.15, 0.2) is 22.8 Å². The Morgan fingerprint density at radius 1 is 1.50 bits per heavy atom. The van der Waals surface area contributed by atoms with Gasteiger partial charge in [-0.05, 0) is 30.4 Å². The molecule has 0 saturated carbocycles. The summed E-state index contributed by atoms with van der Waals surface area (Å²) in [5.74, 6) is 0.609. The summed E-state index contributed by atoms with van der Waals surface area (Å²) in [5.41, 5.74) is 1.41. The minimum atomic E-state index is 0.609. The topological polar surface area (TPSA) is 0 Å². The van der Waals surface area contributed by atoms with E-state index in [-0.39, 0.29) is 0 Å². The maximum Gasteiger partial charge on any atom is 0.0397 e. The predicted octanol–water partition coefficient (Wildman–Crippen LogP) is 3.49. The molecule has 0 heterocycles. The van der Waals surface area contributed by atoms with Crippen molar-refractivity contribution in [3.05, 3.63) is 22.8 Å². The molecule has 1 aliphatic carbocycles. The summed E-state index contributed by atoms with van der Waals surface area (Å²) < 4.78 is 0. The SMILES string of the molecule is CC(C)C1=C(Cl)C=CCC1. The van der Waals surface area contributed by atoms with Crippen LogP contribution in [0.1, 0.15) is 26.7 Å². The highest BCUT2D eigenvalue weighted by molar-refractivity contribution is 6.31. The van der Waals surface area contributed by atoms with Crippen LogP contribution in [0.5, 0.6) is 0 Å². The van der Waals surface area contributed by atoms with Gasteiger partial charge in [0.15, 0.2) is 0 Å². The van der Waals surface area contributed by atoms with Crippen LogP contribution in [0.25, 0.3) is 0 Å². The lowest BCUT2D eigenvalue weighted by atomic mass is 9.95. The van der Waals surface area contributed by atoms with E-state index in [1.165, 1.54) is 5.57 Å². The smallest absolute Gasteiger partial charge is 0.0397 e. The summed E-state index contributed by atoms with van der Waals surface area (Å²) in [4.78, 5) is 0. The highest BCUT2D eigenvalue weighted by atomic mass is 35.5. The maximum atomic E-state index is 5.97. The summed E-state index contributed by atoms with van der Waals surface area (Å²) >= 11 is 5.97. The molecule has 0 nitrogen and oxygen atoms in total. The zero-order chi connectivity index (χ0) is 7.56. The van der Waals surface area contributed by atoms with Crippen molar-refractivity contribution in [1.82, 2.24) is 0 Å². The molecule has 0 fully saturated rings. The molecule has 0 atom stereocenters. The molecule has 0 N–H and O–H groups in total. The zero-order valence-corrected chi connectivity index (χ0v) is 7.28. The van der Waals surface area contributed by atoms with Gasteiger partial charge in [0.2, 0.25) is 0 Å². The average Bonchev–Trinajstić information content (AvgIpc) is 1.88. The molecule has 0 aromatic carbocycles. The van der Waals surface area contributed by atoms with Crippen molar-refractivity contribution >= 4 is 11.6 Å². The lowest BCUT2D eigenvalue weighted by molar-refractivity contribution is 0.706. The molecule has 0 aromatic heterocycles. The fourth-order valence-electron chi connectivity index (χ4n) is 1.22. The minimum absolute atomic E-state index is 0.609. The van der Waals surface area contributed by atoms with Crippen LogP contribution in [0, 0.1) is 5.92 Å². The molecule has 1 heteroatoms. The molecule has 1 rings (SSSR count). The van der Waals surface area contributed by atoms with Crippen molar-refractivity contribution in [3.8, 4) is 0 Å². The third-order valence-electron chi connectivity index (χ3n) is 1.85. The molecule has 0 amide bonds. The van der Waals surface area contributed by atoms with E-state index in [2.05, 4.69) is 19.9 Å². The van der Waals surface area contributed by atoms with E-state index in [1.807, 2.05) is 6.08 Å². The molecule has 0 aliphatic heterocycles. The first-order valence-electron chi connectivity index (χ1n) is 3.77. The normalized spacial score (nSPS) is 18.8. The summed E-state index contributed by atoms with van der Waals surface area (Å²) in [6, 6.07) is 0. The van der Waals surface area contributed by atoms with Gasteiger partial charge in [-0.1, -0.05) is 31.5 Å². The molecule has 0 spiro atoms. The summed E-state index contributed by atoms with van der Waals surface area (Å²) in [6.07, 6.45) is 6.45. The number of hydrogen-bond acceptors (Lipinski definition) is 0. The van der Waals surface area contributed by atoms with E-state index in [9.17, 15) is 0 Å². The van der Waals surface area contributed by atoms with Crippen molar-refractivity contribution in [1.29, 1.82) is 0 Å². The van der Waals surface area contributed by atoms with Gasteiger partial charge >= 0.3 is 0 Å². The Balaban J connectivity index is 2.79. The molecular weight excluding hydrogens is 144 g/mol. The molecule has 0 radical (unpaired) electrons. The molecule has 0 saturated heterocycles. The fourth-order valence-corrected chi connectivity index (χ4v) is 1.62. The maximum absolute atomic E-state index is 5.97. The molecule has 0 unspecified atom stereocenters. The molecule has 0 aromatic rings. The van der Waals surface area contributed by atoms with E-state index < -0.39 is 0 Å². The van der Waals surface area contributed by atoms with Gasteiger partial charge in [-0.2, -0.15) is 0 Å². The minimum Gasteiger partial charge on any atom is -0.0844 e. The lowest BCUT2D eigenvalue weighted by Gasteiger charge is -2.14. The van der Waals surface area contributed by atoms with E-state index in [0.717, 1.165) is 17.9 Å². The Morgan fingerprint density at radius 3 is 2.60 bits per heavy atom. The highest BCUT2D eigenvalue weighted by Crippen LogP contribution is 2.27. The van der Waals surface area contributed by atoms with Gasteiger partial charge in [-0.25, -0.2) is 0 Å². The van der Waals surface area contributed by atoms with E-state index >= 15 is 0 Å². The number of rotatable bonds is 1. The molecule has 56 valence electrons. The van der Waals surface area contributed by atoms with Crippen molar-refractivity contribution in [2.75, 3.05) is 0 Å². The second kappa shape index (κ2) is 3.25. The monoisotopic (exact) mass is 156 g/mol. The molecule has 10 heavy (non-hydrogen) atoms. The Labute approximate surface area is 67.6 Å². The van der Waals surface area contributed by atoms with Crippen LogP contribution < -0.4 is 0 Å². The largest absolute Gasteiger partial charge is 0.0844 e. The Hall–Kier alpha value is -0.230.